The molecule has 0 unspecified atom stereocenters. The SMILES string of the molecule is FC(F)(F)Oc1ccc(CNCc2ccsc2)cc1. The number of benzene rings is 1. The molecule has 0 aliphatic rings. The van der Waals surface area contributed by atoms with E-state index in [0.29, 0.717) is 6.54 Å². The number of hydrogen-bond donors (Lipinski definition) is 1. The highest BCUT2D eigenvalue weighted by Crippen LogP contribution is 2.22. The summed E-state index contributed by atoms with van der Waals surface area (Å²) in [5.41, 5.74) is 2.10. The molecule has 0 bridgehead atoms. The van der Waals surface area contributed by atoms with Gasteiger partial charge < -0.3 is 10.1 Å². The van der Waals surface area contributed by atoms with Gasteiger partial charge in [-0.05, 0) is 40.1 Å². The number of ether oxygens (including phenoxy) is 1. The van der Waals surface area contributed by atoms with Crippen molar-refractivity contribution in [1.29, 1.82) is 0 Å². The topological polar surface area (TPSA) is 21.3 Å². The van der Waals surface area contributed by atoms with Crippen molar-refractivity contribution >= 4 is 11.3 Å². The second-order valence-corrected chi connectivity index (χ2v) is 4.71. The number of thiophene rings is 1. The predicted molar refractivity (Wildman–Crippen MR) is 68.0 cm³/mol. The van der Waals surface area contributed by atoms with Gasteiger partial charge in [-0.15, -0.1) is 13.2 Å². The highest BCUT2D eigenvalue weighted by atomic mass is 32.1. The molecular weight excluding hydrogens is 275 g/mol. The maximum absolute atomic E-state index is 12.0. The number of rotatable bonds is 5. The molecule has 1 aromatic carbocycles. The van der Waals surface area contributed by atoms with Crippen LogP contribution in [-0.2, 0) is 13.1 Å². The zero-order valence-electron chi connectivity index (χ0n) is 9.91. The Bertz CT molecular complexity index is 494. The van der Waals surface area contributed by atoms with Gasteiger partial charge in [-0.2, -0.15) is 11.3 Å². The van der Waals surface area contributed by atoms with Gasteiger partial charge in [-0.3, -0.25) is 0 Å². The first-order chi connectivity index (χ1) is 9.03. The Labute approximate surface area is 112 Å². The monoisotopic (exact) mass is 287 g/mol. The molecule has 0 atom stereocenters. The predicted octanol–water partition coefficient (Wildman–Crippen LogP) is 3.94. The minimum absolute atomic E-state index is 0.200. The van der Waals surface area contributed by atoms with Gasteiger partial charge in [0.25, 0.3) is 0 Å². The normalized spacial score (nSPS) is 11.5. The average Bonchev–Trinajstić information content (AvgIpc) is 2.82. The standard InChI is InChI=1S/C13H12F3NOS/c14-13(15,16)18-12-3-1-10(2-4-12)7-17-8-11-5-6-19-9-11/h1-6,9,17H,7-8H2. The van der Waals surface area contributed by atoms with Crippen LogP contribution >= 0.6 is 11.3 Å². The number of nitrogens with one attached hydrogen (secondary N) is 1. The molecule has 1 heterocycles. The van der Waals surface area contributed by atoms with Crippen LogP contribution in [0.4, 0.5) is 13.2 Å². The molecule has 19 heavy (non-hydrogen) atoms. The lowest BCUT2D eigenvalue weighted by atomic mass is 10.2. The first-order valence-corrected chi connectivity index (χ1v) is 6.54. The van der Waals surface area contributed by atoms with Gasteiger partial charge in [0.1, 0.15) is 5.75 Å². The van der Waals surface area contributed by atoms with Crippen LogP contribution in [0.5, 0.6) is 5.75 Å². The molecule has 0 radical (unpaired) electrons. The Balaban J connectivity index is 1.81. The summed E-state index contributed by atoms with van der Waals surface area (Å²) in [7, 11) is 0. The van der Waals surface area contributed by atoms with Crippen molar-refractivity contribution in [3.8, 4) is 5.75 Å². The Morgan fingerprint density at radius 1 is 1.00 bits per heavy atom. The molecule has 1 aromatic heterocycles. The highest BCUT2D eigenvalue weighted by Gasteiger charge is 2.30. The molecule has 0 saturated carbocycles. The molecule has 1 N–H and O–H groups in total. The third-order valence-electron chi connectivity index (χ3n) is 2.40. The van der Waals surface area contributed by atoms with E-state index in [2.05, 4.69) is 10.1 Å². The smallest absolute Gasteiger partial charge is 0.406 e. The minimum Gasteiger partial charge on any atom is -0.406 e. The van der Waals surface area contributed by atoms with E-state index < -0.39 is 6.36 Å². The van der Waals surface area contributed by atoms with Crippen molar-refractivity contribution < 1.29 is 17.9 Å². The third kappa shape index (κ3) is 4.92. The summed E-state index contributed by atoms with van der Waals surface area (Å²) in [5, 5.41) is 7.26. The molecule has 0 aliphatic heterocycles. The Morgan fingerprint density at radius 3 is 2.26 bits per heavy atom. The molecule has 6 heteroatoms. The summed E-state index contributed by atoms with van der Waals surface area (Å²) in [4.78, 5) is 0. The molecule has 0 amide bonds. The lowest BCUT2D eigenvalue weighted by Gasteiger charge is -2.09. The maximum atomic E-state index is 12.0. The second kappa shape index (κ2) is 6.08. The molecule has 102 valence electrons. The van der Waals surface area contributed by atoms with E-state index in [4.69, 9.17) is 0 Å². The van der Waals surface area contributed by atoms with Crippen molar-refractivity contribution in [2.75, 3.05) is 0 Å². The number of hydrogen-bond acceptors (Lipinski definition) is 3. The van der Waals surface area contributed by atoms with Crippen LogP contribution < -0.4 is 10.1 Å². The molecule has 2 nitrogen and oxygen atoms in total. The van der Waals surface area contributed by atoms with E-state index in [9.17, 15) is 13.2 Å². The Kier molecular flexibility index (Phi) is 4.44. The summed E-state index contributed by atoms with van der Waals surface area (Å²) in [6.45, 7) is 1.34. The second-order valence-electron chi connectivity index (χ2n) is 3.93. The van der Waals surface area contributed by atoms with Gasteiger partial charge in [-0.25, -0.2) is 0 Å². The lowest BCUT2D eigenvalue weighted by molar-refractivity contribution is -0.274. The zero-order chi connectivity index (χ0) is 13.7. The van der Waals surface area contributed by atoms with E-state index in [1.54, 1.807) is 23.5 Å². The molecule has 2 aromatic rings. The van der Waals surface area contributed by atoms with Crippen molar-refractivity contribution in [2.24, 2.45) is 0 Å². The summed E-state index contributed by atoms with van der Waals surface area (Å²) in [5.74, 6) is -0.200. The van der Waals surface area contributed by atoms with Crippen LogP contribution in [0.2, 0.25) is 0 Å². The van der Waals surface area contributed by atoms with Crippen molar-refractivity contribution in [2.45, 2.75) is 19.5 Å². The van der Waals surface area contributed by atoms with Crippen molar-refractivity contribution in [3.05, 3.63) is 52.2 Å². The molecule has 0 fully saturated rings. The summed E-state index contributed by atoms with van der Waals surface area (Å²) in [6.07, 6.45) is -4.64. The van der Waals surface area contributed by atoms with E-state index in [1.807, 2.05) is 16.8 Å². The van der Waals surface area contributed by atoms with Gasteiger partial charge in [-0.1, -0.05) is 12.1 Å². The maximum Gasteiger partial charge on any atom is 0.573 e. The Morgan fingerprint density at radius 2 is 1.68 bits per heavy atom. The Hall–Kier alpha value is -1.53. The third-order valence-corrected chi connectivity index (χ3v) is 3.13. The van der Waals surface area contributed by atoms with Crippen LogP contribution in [0.1, 0.15) is 11.1 Å². The summed E-state index contributed by atoms with van der Waals surface area (Å²) >= 11 is 1.63. The lowest BCUT2D eigenvalue weighted by Crippen LogP contribution is -2.17. The van der Waals surface area contributed by atoms with Crippen molar-refractivity contribution in [3.63, 3.8) is 0 Å². The minimum atomic E-state index is -4.64. The van der Waals surface area contributed by atoms with E-state index in [1.165, 1.54) is 17.7 Å². The summed E-state index contributed by atoms with van der Waals surface area (Å²) in [6, 6.07) is 7.88. The van der Waals surface area contributed by atoms with Gasteiger partial charge in [0.2, 0.25) is 0 Å². The zero-order valence-corrected chi connectivity index (χ0v) is 10.7. The summed E-state index contributed by atoms with van der Waals surface area (Å²) < 4.78 is 39.7. The first kappa shape index (κ1) is 13.9. The van der Waals surface area contributed by atoms with E-state index >= 15 is 0 Å². The van der Waals surface area contributed by atoms with Gasteiger partial charge in [0.05, 0.1) is 0 Å². The quantitative estimate of drug-likeness (QED) is 0.899. The van der Waals surface area contributed by atoms with E-state index in [0.717, 1.165) is 12.1 Å². The van der Waals surface area contributed by atoms with Crippen LogP contribution in [-0.4, -0.2) is 6.36 Å². The molecule has 0 spiro atoms. The van der Waals surface area contributed by atoms with Crippen LogP contribution in [0.25, 0.3) is 0 Å². The molecule has 2 rings (SSSR count). The molecular formula is C13H12F3NOS. The highest BCUT2D eigenvalue weighted by molar-refractivity contribution is 7.07. The van der Waals surface area contributed by atoms with Gasteiger partial charge in [0, 0.05) is 13.1 Å². The van der Waals surface area contributed by atoms with Crippen LogP contribution in [0, 0.1) is 0 Å². The van der Waals surface area contributed by atoms with Crippen molar-refractivity contribution in [1.82, 2.24) is 5.32 Å². The number of halogens is 3. The first-order valence-electron chi connectivity index (χ1n) is 5.59. The fourth-order valence-corrected chi connectivity index (χ4v) is 2.22. The fourth-order valence-electron chi connectivity index (χ4n) is 1.55. The van der Waals surface area contributed by atoms with E-state index in [-0.39, 0.29) is 5.75 Å². The van der Waals surface area contributed by atoms with Crippen LogP contribution in [0.15, 0.2) is 41.1 Å². The van der Waals surface area contributed by atoms with Gasteiger partial charge in [0.15, 0.2) is 0 Å². The largest absolute Gasteiger partial charge is 0.573 e. The number of alkyl halides is 3. The average molecular weight is 287 g/mol. The molecule has 0 saturated heterocycles. The fraction of sp³-hybridized carbons (Fsp3) is 0.231. The van der Waals surface area contributed by atoms with Gasteiger partial charge >= 0.3 is 6.36 Å². The molecule has 0 aliphatic carbocycles. The van der Waals surface area contributed by atoms with Crippen LogP contribution in [0.3, 0.4) is 0 Å².